The number of nitro groups is 1. The van der Waals surface area contributed by atoms with Crippen LogP contribution >= 0.6 is 0 Å². The van der Waals surface area contributed by atoms with Gasteiger partial charge in [-0.1, -0.05) is 4.67 Å². The van der Waals surface area contributed by atoms with Gasteiger partial charge in [0.05, 0.1) is 6.61 Å². The van der Waals surface area contributed by atoms with Crippen LogP contribution in [0.3, 0.4) is 0 Å². The van der Waals surface area contributed by atoms with Gasteiger partial charge in [0.2, 0.25) is 8.24 Å². The maximum atomic E-state index is 11.1. The minimum absolute atomic E-state index is 0.146. The fraction of sp³-hybridized carbons (Fsp3) is 0.833. The predicted molar refractivity (Wildman–Crippen MR) is 49.2 cm³/mol. The van der Waals surface area contributed by atoms with Crippen LogP contribution in [-0.4, -0.2) is 30.6 Å². The minimum Gasteiger partial charge on any atom is -0.447 e. The van der Waals surface area contributed by atoms with E-state index in [-0.39, 0.29) is 6.61 Å². The van der Waals surface area contributed by atoms with Gasteiger partial charge in [0, 0.05) is 0 Å². The molecule has 76 valence electrons. The predicted octanol–water partition coefficient (Wildman–Crippen LogP) is 1.47. The second-order valence-corrected chi connectivity index (χ2v) is 8.18. The van der Waals surface area contributed by atoms with Crippen LogP contribution in [0.15, 0.2) is 0 Å². The topological polar surface area (TPSA) is 72.7 Å². The van der Waals surface area contributed by atoms with Gasteiger partial charge in [0.25, 0.3) is 0 Å². The molecule has 13 heavy (non-hydrogen) atoms. The van der Waals surface area contributed by atoms with E-state index in [2.05, 4.69) is 4.74 Å². The van der Waals surface area contributed by atoms with Gasteiger partial charge in [-0.15, -0.1) is 0 Å². The molecule has 0 spiro atoms. The molecule has 0 saturated heterocycles. The summed E-state index contributed by atoms with van der Waals surface area (Å²) in [4.78, 5) is 21.7. The first-order chi connectivity index (χ1) is 5.80. The Morgan fingerprint density at radius 2 is 2.00 bits per heavy atom. The molecular formula is C6H14N2O4Si. The highest BCUT2D eigenvalue weighted by atomic mass is 28.3. The SMILES string of the molecule is CCOC(=O)N([N+](=O)[O-])[Si](C)(C)C. The molecule has 0 bridgehead atoms. The molecule has 0 aromatic carbocycles. The highest BCUT2D eigenvalue weighted by molar-refractivity contribution is 6.74. The summed E-state index contributed by atoms with van der Waals surface area (Å²) in [6.45, 7) is 6.86. The smallest absolute Gasteiger partial charge is 0.447 e. The van der Waals surface area contributed by atoms with Crippen molar-refractivity contribution in [1.82, 2.24) is 4.67 Å². The summed E-state index contributed by atoms with van der Waals surface area (Å²) in [7, 11) is -2.29. The third-order valence-electron chi connectivity index (χ3n) is 1.24. The zero-order valence-corrected chi connectivity index (χ0v) is 9.23. The largest absolute Gasteiger partial charge is 0.458 e. The maximum Gasteiger partial charge on any atom is 0.458 e. The summed E-state index contributed by atoms with van der Waals surface area (Å²) >= 11 is 0. The van der Waals surface area contributed by atoms with Crippen molar-refractivity contribution in [2.24, 2.45) is 0 Å². The summed E-state index contributed by atoms with van der Waals surface area (Å²) < 4.78 is 5.18. The standard InChI is InChI=1S/C6H14N2O4Si/c1-5-12-6(9)7(8(10)11)13(2,3)4/h5H2,1-4H3. The quantitative estimate of drug-likeness (QED) is 0.398. The fourth-order valence-corrected chi connectivity index (χ4v) is 1.87. The molecule has 0 aliphatic carbocycles. The number of hydrazine groups is 1. The molecule has 0 aromatic heterocycles. The van der Waals surface area contributed by atoms with Crippen molar-refractivity contribution in [1.29, 1.82) is 0 Å². The van der Waals surface area contributed by atoms with Gasteiger partial charge in [-0.25, -0.2) is 14.9 Å². The van der Waals surface area contributed by atoms with Gasteiger partial charge in [-0.3, -0.25) is 0 Å². The van der Waals surface area contributed by atoms with Gasteiger partial charge in [-0.2, -0.15) is 0 Å². The van der Waals surface area contributed by atoms with Crippen LogP contribution in [0.2, 0.25) is 19.6 Å². The van der Waals surface area contributed by atoms with E-state index >= 15 is 0 Å². The summed E-state index contributed by atoms with van der Waals surface area (Å²) in [5.74, 6) is 0. The molecule has 0 radical (unpaired) electrons. The molecule has 0 heterocycles. The average molecular weight is 206 g/mol. The number of hydrogen-bond donors (Lipinski definition) is 0. The van der Waals surface area contributed by atoms with E-state index in [1.807, 2.05) is 0 Å². The molecule has 7 heteroatoms. The van der Waals surface area contributed by atoms with Gasteiger partial charge < -0.3 is 4.74 Å². The highest BCUT2D eigenvalue weighted by Gasteiger charge is 2.40. The Balaban J connectivity index is 4.63. The lowest BCUT2D eigenvalue weighted by Gasteiger charge is -2.22. The number of nitrogens with zero attached hydrogens (tertiary/aromatic N) is 2. The number of rotatable bonds is 3. The number of amides is 1. The van der Waals surface area contributed by atoms with E-state index in [4.69, 9.17) is 0 Å². The molecule has 6 nitrogen and oxygen atoms in total. The van der Waals surface area contributed by atoms with E-state index in [1.54, 1.807) is 26.6 Å². The molecular weight excluding hydrogens is 192 g/mol. The average Bonchev–Trinajstić information content (AvgIpc) is 1.82. The van der Waals surface area contributed by atoms with Gasteiger partial charge in [0.15, 0.2) is 5.03 Å². The minimum atomic E-state index is -2.29. The third-order valence-corrected chi connectivity index (χ3v) is 2.86. The first-order valence-corrected chi connectivity index (χ1v) is 7.36. The van der Waals surface area contributed by atoms with Crippen LogP contribution in [0, 0.1) is 10.1 Å². The normalized spacial score (nSPS) is 10.8. The monoisotopic (exact) mass is 206 g/mol. The van der Waals surface area contributed by atoms with Crippen LogP contribution in [0.25, 0.3) is 0 Å². The molecule has 0 aliphatic rings. The Morgan fingerprint density at radius 3 is 2.23 bits per heavy atom. The summed E-state index contributed by atoms with van der Waals surface area (Å²) in [5, 5.41) is 9.82. The molecule has 0 fully saturated rings. The number of carbonyl (C=O) groups excluding carboxylic acids is 1. The Kier molecular flexibility index (Phi) is 3.86. The Morgan fingerprint density at radius 1 is 1.54 bits per heavy atom. The third kappa shape index (κ3) is 3.41. The van der Waals surface area contributed by atoms with Crippen molar-refractivity contribution >= 4 is 14.3 Å². The lowest BCUT2D eigenvalue weighted by atomic mass is 10.9. The fourth-order valence-electron chi connectivity index (χ4n) is 0.770. The maximum absolute atomic E-state index is 11.1. The van der Waals surface area contributed by atoms with Crippen molar-refractivity contribution in [2.75, 3.05) is 6.61 Å². The molecule has 1 amide bonds. The van der Waals surface area contributed by atoms with Crippen molar-refractivity contribution < 1.29 is 14.6 Å². The lowest BCUT2D eigenvalue weighted by Crippen LogP contribution is -2.53. The van der Waals surface area contributed by atoms with Gasteiger partial charge in [-0.05, 0) is 26.6 Å². The van der Waals surface area contributed by atoms with E-state index in [0.717, 1.165) is 0 Å². The van der Waals surface area contributed by atoms with Crippen molar-refractivity contribution in [2.45, 2.75) is 26.6 Å². The molecule has 0 aliphatic heterocycles. The van der Waals surface area contributed by atoms with Crippen LogP contribution in [0.5, 0.6) is 0 Å². The van der Waals surface area contributed by atoms with Crippen LogP contribution in [-0.2, 0) is 4.74 Å². The van der Waals surface area contributed by atoms with Crippen LogP contribution < -0.4 is 0 Å². The van der Waals surface area contributed by atoms with Gasteiger partial charge in [0.1, 0.15) is 0 Å². The number of ether oxygens (including phenoxy) is 1. The second-order valence-electron chi connectivity index (χ2n) is 3.42. The van der Waals surface area contributed by atoms with Crippen LogP contribution in [0.1, 0.15) is 6.92 Å². The van der Waals surface area contributed by atoms with E-state index < -0.39 is 19.4 Å². The van der Waals surface area contributed by atoms with Crippen LogP contribution in [0.4, 0.5) is 4.79 Å². The summed E-state index contributed by atoms with van der Waals surface area (Å²) in [5.41, 5.74) is 0. The first kappa shape index (κ1) is 11.9. The van der Waals surface area contributed by atoms with E-state index in [1.165, 1.54) is 0 Å². The van der Waals surface area contributed by atoms with E-state index in [9.17, 15) is 14.9 Å². The molecule has 0 rings (SSSR count). The van der Waals surface area contributed by atoms with Gasteiger partial charge >= 0.3 is 6.09 Å². The Hall–Kier alpha value is -1.11. The van der Waals surface area contributed by atoms with E-state index in [0.29, 0.717) is 4.67 Å². The summed E-state index contributed by atoms with van der Waals surface area (Å²) in [6, 6.07) is 0. The number of carbonyl (C=O) groups is 1. The first-order valence-electron chi connectivity index (χ1n) is 3.92. The second kappa shape index (κ2) is 4.22. The number of hydrogen-bond acceptors (Lipinski definition) is 4. The summed E-state index contributed by atoms with van der Waals surface area (Å²) in [6.07, 6.45) is -0.869. The van der Waals surface area contributed by atoms with Crippen molar-refractivity contribution in [3.05, 3.63) is 10.1 Å². The Bertz CT molecular complexity index is 213. The molecule has 0 aromatic rings. The van der Waals surface area contributed by atoms with Crippen molar-refractivity contribution in [3.63, 3.8) is 0 Å². The molecule has 0 atom stereocenters. The molecule has 0 N–H and O–H groups in total. The highest BCUT2D eigenvalue weighted by Crippen LogP contribution is 2.10. The Labute approximate surface area is 77.7 Å². The molecule has 0 saturated carbocycles. The molecule has 0 unspecified atom stereocenters. The lowest BCUT2D eigenvalue weighted by molar-refractivity contribution is -0.608. The van der Waals surface area contributed by atoms with Crippen molar-refractivity contribution in [3.8, 4) is 0 Å². The zero-order valence-electron chi connectivity index (χ0n) is 8.23. The zero-order chi connectivity index (χ0) is 10.6.